The van der Waals surface area contributed by atoms with Gasteiger partial charge in [-0.25, -0.2) is 9.80 Å². The lowest BCUT2D eigenvalue weighted by Gasteiger charge is -2.28. The molecule has 2 aliphatic rings. The lowest BCUT2D eigenvalue weighted by molar-refractivity contribution is -0.142. The molecule has 29 heavy (non-hydrogen) atoms. The summed E-state index contributed by atoms with van der Waals surface area (Å²) in [6, 6.07) is 14.1. The van der Waals surface area contributed by atoms with Gasteiger partial charge in [-0.1, -0.05) is 30.3 Å². The first-order valence-electron chi connectivity index (χ1n) is 9.46. The third-order valence-electron chi connectivity index (χ3n) is 5.19. The molecular weight excluding hydrogens is 370 g/mol. The van der Waals surface area contributed by atoms with Gasteiger partial charge in [0.1, 0.15) is 11.8 Å². The Labute approximate surface area is 168 Å². The molecule has 2 heterocycles. The first kappa shape index (κ1) is 18.9. The Bertz CT molecular complexity index is 1030. The highest BCUT2D eigenvalue weighted by atomic mass is 16.5. The predicted octanol–water partition coefficient (Wildman–Crippen LogP) is 2.61. The van der Waals surface area contributed by atoms with Crippen molar-refractivity contribution in [1.82, 2.24) is 0 Å². The van der Waals surface area contributed by atoms with Gasteiger partial charge >= 0.3 is 5.97 Å². The molecule has 1 atom stereocenters. The van der Waals surface area contributed by atoms with E-state index in [1.807, 2.05) is 49.4 Å². The summed E-state index contributed by atoms with van der Waals surface area (Å²) >= 11 is 0. The molecule has 0 fully saturated rings. The van der Waals surface area contributed by atoms with Gasteiger partial charge in [0.15, 0.2) is 0 Å². The summed E-state index contributed by atoms with van der Waals surface area (Å²) in [5.41, 5.74) is 3.43. The van der Waals surface area contributed by atoms with E-state index in [1.54, 1.807) is 6.07 Å². The fourth-order valence-electron chi connectivity index (χ4n) is 3.77. The Hall–Kier alpha value is -3.48. The molecule has 2 amide bonds. The van der Waals surface area contributed by atoms with Gasteiger partial charge in [-0.3, -0.25) is 14.5 Å². The summed E-state index contributed by atoms with van der Waals surface area (Å²) in [6.45, 7) is 1.93. The Kier molecular flexibility index (Phi) is 4.88. The summed E-state index contributed by atoms with van der Waals surface area (Å²) in [6.07, 6.45) is 0.797. The van der Waals surface area contributed by atoms with Crippen molar-refractivity contribution in [3.8, 4) is 0 Å². The highest BCUT2D eigenvalue weighted by molar-refractivity contribution is 6.45. The monoisotopic (exact) mass is 391 g/mol. The van der Waals surface area contributed by atoms with Gasteiger partial charge < -0.3 is 4.74 Å². The standard InChI is InChI=1S/C22H21N3O4/c1-14-6-5-8-16(12-14)25-20(26)11-10-17(23-25)21(27)24-18-9-4-3-7-15(18)13-19(24)22(28)29-2/h3-9,12,19H,10-11,13H2,1-2H3. The van der Waals surface area contributed by atoms with Gasteiger partial charge in [0.05, 0.1) is 12.8 Å². The van der Waals surface area contributed by atoms with Crippen LogP contribution in [0.1, 0.15) is 24.0 Å². The molecule has 0 saturated heterocycles. The molecule has 7 nitrogen and oxygen atoms in total. The smallest absolute Gasteiger partial charge is 0.329 e. The van der Waals surface area contributed by atoms with Gasteiger partial charge in [0.2, 0.25) is 5.91 Å². The van der Waals surface area contributed by atoms with Crippen LogP contribution in [0.3, 0.4) is 0 Å². The number of fused-ring (bicyclic) bond motifs is 1. The van der Waals surface area contributed by atoms with Crippen molar-refractivity contribution in [1.29, 1.82) is 0 Å². The number of hydrogen-bond donors (Lipinski definition) is 0. The zero-order chi connectivity index (χ0) is 20.5. The van der Waals surface area contributed by atoms with E-state index in [-0.39, 0.29) is 30.4 Å². The Morgan fingerprint density at radius 2 is 1.90 bits per heavy atom. The van der Waals surface area contributed by atoms with Crippen LogP contribution in [0.5, 0.6) is 0 Å². The topological polar surface area (TPSA) is 79.3 Å². The van der Waals surface area contributed by atoms with Crippen molar-refractivity contribution in [2.24, 2.45) is 5.10 Å². The second-order valence-corrected chi connectivity index (χ2v) is 7.14. The summed E-state index contributed by atoms with van der Waals surface area (Å²) in [4.78, 5) is 39.6. The van der Waals surface area contributed by atoms with E-state index in [4.69, 9.17) is 4.74 Å². The molecule has 0 N–H and O–H groups in total. The normalized spacial score (nSPS) is 18.3. The van der Waals surface area contributed by atoms with E-state index in [2.05, 4.69) is 5.10 Å². The second kappa shape index (κ2) is 7.50. The maximum atomic E-state index is 13.4. The summed E-state index contributed by atoms with van der Waals surface area (Å²) < 4.78 is 4.92. The van der Waals surface area contributed by atoms with E-state index in [1.165, 1.54) is 17.0 Å². The molecule has 0 aliphatic carbocycles. The SMILES string of the molecule is COC(=O)C1Cc2ccccc2N1C(=O)C1=NN(c2cccc(C)c2)C(=O)CC1. The minimum absolute atomic E-state index is 0.168. The molecule has 1 unspecified atom stereocenters. The maximum absolute atomic E-state index is 13.4. The Morgan fingerprint density at radius 1 is 1.10 bits per heavy atom. The van der Waals surface area contributed by atoms with Crippen molar-refractivity contribution < 1.29 is 19.1 Å². The molecule has 7 heteroatoms. The third-order valence-corrected chi connectivity index (χ3v) is 5.19. The van der Waals surface area contributed by atoms with Gasteiger partial charge in [-0.2, -0.15) is 5.10 Å². The molecule has 0 radical (unpaired) electrons. The second-order valence-electron chi connectivity index (χ2n) is 7.14. The molecule has 4 rings (SSSR count). The van der Waals surface area contributed by atoms with E-state index in [9.17, 15) is 14.4 Å². The number of esters is 1. The molecule has 148 valence electrons. The van der Waals surface area contributed by atoms with Crippen molar-refractivity contribution in [3.63, 3.8) is 0 Å². The number of carbonyl (C=O) groups excluding carboxylic acids is 3. The number of amides is 2. The highest BCUT2D eigenvalue weighted by Gasteiger charge is 2.41. The third kappa shape index (κ3) is 3.40. The van der Waals surface area contributed by atoms with E-state index in [0.717, 1.165) is 11.1 Å². The lowest BCUT2D eigenvalue weighted by Crippen LogP contribution is -2.48. The van der Waals surface area contributed by atoms with Gasteiger partial charge in [-0.15, -0.1) is 0 Å². The predicted molar refractivity (Wildman–Crippen MR) is 109 cm³/mol. The van der Waals surface area contributed by atoms with Crippen LogP contribution in [-0.4, -0.2) is 36.6 Å². The number of carbonyl (C=O) groups is 3. The number of rotatable bonds is 3. The van der Waals surface area contributed by atoms with Crippen LogP contribution >= 0.6 is 0 Å². The first-order chi connectivity index (χ1) is 14.0. The number of methoxy groups -OCH3 is 1. The molecule has 0 bridgehead atoms. The van der Waals surface area contributed by atoms with Gasteiger partial charge in [0, 0.05) is 24.9 Å². The Morgan fingerprint density at radius 3 is 2.66 bits per heavy atom. The summed E-state index contributed by atoms with van der Waals surface area (Å²) in [5, 5.41) is 5.64. The fourth-order valence-corrected chi connectivity index (χ4v) is 3.77. The van der Waals surface area contributed by atoms with Gasteiger partial charge in [0.25, 0.3) is 5.91 Å². The molecule has 0 spiro atoms. The number of anilines is 2. The van der Waals surface area contributed by atoms with Gasteiger partial charge in [-0.05, 0) is 36.2 Å². The molecule has 2 aromatic rings. The molecule has 2 aromatic carbocycles. The molecular formula is C22H21N3O4. The largest absolute Gasteiger partial charge is 0.467 e. The minimum Gasteiger partial charge on any atom is -0.467 e. The molecule has 0 saturated carbocycles. The maximum Gasteiger partial charge on any atom is 0.329 e. The van der Waals surface area contributed by atoms with E-state index < -0.39 is 12.0 Å². The van der Waals surface area contributed by atoms with Crippen molar-refractivity contribution in [2.45, 2.75) is 32.2 Å². The number of hydrogen-bond acceptors (Lipinski definition) is 5. The average molecular weight is 391 g/mol. The zero-order valence-electron chi connectivity index (χ0n) is 16.3. The Balaban J connectivity index is 1.71. The minimum atomic E-state index is -0.738. The number of benzene rings is 2. The van der Waals surface area contributed by atoms with E-state index >= 15 is 0 Å². The molecule has 0 aromatic heterocycles. The quantitative estimate of drug-likeness (QED) is 0.754. The highest BCUT2D eigenvalue weighted by Crippen LogP contribution is 2.33. The van der Waals surface area contributed by atoms with Crippen molar-refractivity contribution >= 4 is 34.9 Å². The number of para-hydroxylation sites is 1. The summed E-state index contributed by atoms with van der Waals surface area (Å²) in [5.74, 6) is -1.02. The number of aryl methyl sites for hydroxylation is 1. The van der Waals surface area contributed by atoms with E-state index in [0.29, 0.717) is 17.8 Å². The van der Waals surface area contributed by atoms with Crippen LogP contribution in [0.15, 0.2) is 53.6 Å². The van der Waals surface area contributed by atoms with Crippen LogP contribution in [0.4, 0.5) is 11.4 Å². The van der Waals surface area contributed by atoms with Crippen LogP contribution in [-0.2, 0) is 25.5 Å². The van der Waals surface area contributed by atoms with Crippen LogP contribution in [0.2, 0.25) is 0 Å². The zero-order valence-corrected chi connectivity index (χ0v) is 16.3. The van der Waals surface area contributed by atoms with Crippen LogP contribution in [0.25, 0.3) is 0 Å². The lowest BCUT2D eigenvalue weighted by atomic mass is 10.1. The van der Waals surface area contributed by atoms with Crippen LogP contribution in [0, 0.1) is 6.92 Å². The number of hydrazone groups is 1. The number of ether oxygens (including phenoxy) is 1. The van der Waals surface area contributed by atoms with Crippen molar-refractivity contribution in [2.75, 3.05) is 17.0 Å². The van der Waals surface area contributed by atoms with Crippen LogP contribution < -0.4 is 9.91 Å². The van der Waals surface area contributed by atoms with Crippen molar-refractivity contribution in [3.05, 3.63) is 59.7 Å². The number of nitrogens with zero attached hydrogens (tertiary/aromatic N) is 3. The average Bonchev–Trinajstić information content (AvgIpc) is 3.12. The fraction of sp³-hybridized carbons (Fsp3) is 0.273. The summed E-state index contributed by atoms with van der Waals surface area (Å²) in [7, 11) is 1.31. The first-order valence-corrected chi connectivity index (χ1v) is 9.46. The molecule has 2 aliphatic heterocycles.